The molecule has 0 bridgehead atoms. The van der Waals surface area contributed by atoms with Crippen molar-refractivity contribution >= 4 is 23.5 Å². The van der Waals surface area contributed by atoms with Gasteiger partial charge in [-0.15, -0.1) is 0 Å². The Bertz CT molecular complexity index is 609. The van der Waals surface area contributed by atoms with Gasteiger partial charge < -0.3 is 15.5 Å². The molecule has 1 amide bonds. The van der Waals surface area contributed by atoms with Gasteiger partial charge in [0.1, 0.15) is 6.54 Å². The van der Waals surface area contributed by atoms with Gasteiger partial charge in [0.25, 0.3) is 0 Å². The molecule has 6 nitrogen and oxygen atoms in total. The number of likely N-dealkylation sites (tertiary alicyclic amines) is 1. The molecule has 2 N–H and O–H groups in total. The fourth-order valence-electron chi connectivity index (χ4n) is 2.96. The number of benzene rings is 1. The molecule has 0 aromatic heterocycles. The summed E-state index contributed by atoms with van der Waals surface area (Å²) in [5.41, 5.74) is 1.29. The molecule has 1 fully saturated rings. The summed E-state index contributed by atoms with van der Waals surface area (Å²) >= 11 is 5.96. The number of halogens is 1. The van der Waals surface area contributed by atoms with Crippen LogP contribution in [0.1, 0.15) is 31.7 Å². The first kappa shape index (κ1) is 21.5. The molecule has 0 saturated carbocycles. The van der Waals surface area contributed by atoms with Gasteiger partial charge in [0, 0.05) is 51.3 Å². The number of carbonyl (C=O) groups is 1. The fourth-order valence-corrected chi connectivity index (χ4v) is 3.09. The molecule has 1 aliphatic heterocycles. The van der Waals surface area contributed by atoms with Crippen molar-refractivity contribution in [2.75, 3.05) is 40.3 Å². The zero-order valence-electron chi connectivity index (χ0n) is 16.7. The van der Waals surface area contributed by atoms with Crippen LogP contribution in [-0.2, 0) is 11.3 Å². The van der Waals surface area contributed by atoms with E-state index in [-0.39, 0.29) is 12.5 Å². The Kier molecular flexibility index (Phi) is 8.88. The number of rotatable bonds is 7. The van der Waals surface area contributed by atoms with Crippen molar-refractivity contribution in [2.45, 2.75) is 38.8 Å². The van der Waals surface area contributed by atoms with E-state index in [0.717, 1.165) is 56.4 Å². The smallest absolute Gasteiger partial charge is 0.243 e. The quantitative estimate of drug-likeness (QED) is 0.551. The van der Waals surface area contributed by atoms with Gasteiger partial charge in [-0.25, -0.2) is 4.99 Å². The highest BCUT2D eigenvalue weighted by Crippen LogP contribution is 2.16. The molecule has 0 aliphatic carbocycles. The molecule has 0 spiro atoms. The van der Waals surface area contributed by atoms with Gasteiger partial charge in [-0.1, -0.05) is 30.7 Å². The second kappa shape index (κ2) is 11.1. The normalized spacial score (nSPS) is 16.2. The number of likely N-dealkylation sites (N-methyl/N-ethyl adjacent to an activating group) is 1. The second-order valence-corrected chi connectivity index (χ2v) is 7.64. The summed E-state index contributed by atoms with van der Waals surface area (Å²) in [7, 11) is 3.50. The fraction of sp³-hybridized carbons (Fsp3) is 0.600. The first-order valence-electron chi connectivity index (χ1n) is 9.69. The van der Waals surface area contributed by atoms with Crippen LogP contribution in [0.2, 0.25) is 5.02 Å². The topological polar surface area (TPSA) is 60.0 Å². The van der Waals surface area contributed by atoms with Crippen molar-refractivity contribution in [3.05, 3.63) is 34.9 Å². The molecule has 7 heteroatoms. The van der Waals surface area contributed by atoms with E-state index in [2.05, 4.69) is 39.6 Å². The lowest BCUT2D eigenvalue weighted by Gasteiger charge is -2.33. The van der Waals surface area contributed by atoms with Crippen LogP contribution in [0.15, 0.2) is 29.3 Å². The highest BCUT2D eigenvalue weighted by molar-refractivity contribution is 6.30. The summed E-state index contributed by atoms with van der Waals surface area (Å²) in [6, 6.07) is 8.45. The number of hydrogen-bond acceptors (Lipinski definition) is 3. The Morgan fingerprint density at radius 2 is 1.93 bits per heavy atom. The van der Waals surface area contributed by atoms with Crippen LogP contribution in [0.25, 0.3) is 0 Å². The minimum absolute atomic E-state index is 0.00498. The number of guanidine groups is 1. The van der Waals surface area contributed by atoms with E-state index in [1.165, 1.54) is 5.56 Å². The maximum atomic E-state index is 11.8. The first-order valence-corrected chi connectivity index (χ1v) is 10.1. The number of hydrogen-bond donors (Lipinski definition) is 2. The second-order valence-electron chi connectivity index (χ2n) is 7.20. The Balaban J connectivity index is 1.82. The Morgan fingerprint density at radius 1 is 1.26 bits per heavy atom. The van der Waals surface area contributed by atoms with Crippen molar-refractivity contribution in [3.8, 4) is 0 Å². The van der Waals surface area contributed by atoms with Gasteiger partial charge in [-0.3, -0.25) is 9.69 Å². The lowest BCUT2D eigenvalue weighted by Crippen LogP contribution is -2.49. The summed E-state index contributed by atoms with van der Waals surface area (Å²) in [5, 5.41) is 7.59. The average molecular weight is 394 g/mol. The van der Waals surface area contributed by atoms with Crippen LogP contribution >= 0.6 is 11.6 Å². The predicted molar refractivity (Wildman–Crippen MR) is 112 cm³/mol. The molecule has 27 heavy (non-hydrogen) atoms. The van der Waals surface area contributed by atoms with Crippen LogP contribution in [0.3, 0.4) is 0 Å². The number of amides is 1. The number of piperidine rings is 1. The lowest BCUT2D eigenvalue weighted by atomic mass is 10.0. The number of aliphatic imine (C=N–C) groups is 1. The maximum Gasteiger partial charge on any atom is 0.243 e. The first-order chi connectivity index (χ1) is 13.0. The standard InChI is InChI=1S/C20H32ClN5O/c1-4-11-22-20(23-14-19(27)25(2)3)24-18-9-12-26(13-10-18)15-16-5-7-17(21)8-6-16/h5-8,18H,4,9-15H2,1-3H3,(H2,22,23,24). The van der Waals surface area contributed by atoms with Crippen molar-refractivity contribution in [3.63, 3.8) is 0 Å². The molecule has 0 radical (unpaired) electrons. The van der Waals surface area contributed by atoms with Crippen LogP contribution in [-0.4, -0.2) is 68.0 Å². The van der Waals surface area contributed by atoms with Crippen molar-refractivity contribution in [1.29, 1.82) is 0 Å². The van der Waals surface area contributed by atoms with E-state index >= 15 is 0 Å². The van der Waals surface area contributed by atoms with Crippen LogP contribution in [0, 0.1) is 0 Å². The summed E-state index contributed by atoms with van der Waals surface area (Å²) in [6.45, 7) is 6.16. The summed E-state index contributed by atoms with van der Waals surface area (Å²) in [4.78, 5) is 20.3. The molecule has 1 aliphatic rings. The molecule has 2 rings (SSSR count). The molecule has 1 aromatic rings. The maximum absolute atomic E-state index is 11.8. The minimum Gasteiger partial charge on any atom is -0.356 e. The van der Waals surface area contributed by atoms with E-state index in [4.69, 9.17) is 11.6 Å². The highest BCUT2D eigenvalue weighted by Gasteiger charge is 2.20. The van der Waals surface area contributed by atoms with Crippen LogP contribution < -0.4 is 10.6 Å². The van der Waals surface area contributed by atoms with Gasteiger partial charge >= 0.3 is 0 Å². The molecular formula is C20H32ClN5O. The van der Waals surface area contributed by atoms with Gasteiger partial charge in [0.15, 0.2) is 5.96 Å². The third-order valence-corrected chi connectivity index (χ3v) is 4.91. The van der Waals surface area contributed by atoms with E-state index in [1.807, 2.05) is 12.1 Å². The van der Waals surface area contributed by atoms with E-state index in [1.54, 1.807) is 19.0 Å². The predicted octanol–water partition coefficient (Wildman–Crippen LogP) is 2.34. The largest absolute Gasteiger partial charge is 0.356 e. The lowest BCUT2D eigenvalue weighted by molar-refractivity contribution is -0.127. The zero-order chi connectivity index (χ0) is 19.6. The van der Waals surface area contributed by atoms with Crippen molar-refractivity contribution in [2.24, 2.45) is 4.99 Å². The van der Waals surface area contributed by atoms with Gasteiger partial charge in [-0.2, -0.15) is 0 Å². The molecule has 1 saturated heterocycles. The molecule has 0 atom stereocenters. The van der Waals surface area contributed by atoms with Gasteiger partial charge in [0.05, 0.1) is 0 Å². The number of nitrogens with zero attached hydrogens (tertiary/aromatic N) is 3. The molecule has 0 unspecified atom stereocenters. The monoisotopic (exact) mass is 393 g/mol. The number of nitrogens with one attached hydrogen (secondary N) is 2. The van der Waals surface area contributed by atoms with E-state index in [9.17, 15) is 4.79 Å². The SMILES string of the molecule is CCCNC(=NCC(=O)N(C)C)NC1CCN(Cc2ccc(Cl)cc2)CC1. The van der Waals surface area contributed by atoms with Crippen LogP contribution in [0.4, 0.5) is 0 Å². The molecule has 150 valence electrons. The van der Waals surface area contributed by atoms with E-state index in [0.29, 0.717) is 6.04 Å². The molecule has 1 heterocycles. The number of carbonyl (C=O) groups excluding carboxylic acids is 1. The van der Waals surface area contributed by atoms with Crippen molar-refractivity contribution < 1.29 is 4.79 Å². The Hall–Kier alpha value is -1.79. The zero-order valence-corrected chi connectivity index (χ0v) is 17.4. The third kappa shape index (κ3) is 7.77. The summed E-state index contributed by atoms with van der Waals surface area (Å²) in [6.07, 6.45) is 3.13. The Morgan fingerprint density at radius 3 is 2.52 bits per heavy atom. The van der Waals surface area contributed by atoms with Crippen molar-refractivity contribution in [1.82, 2.24) is 20.4 Å². The summed E-state index contributed by atoms with van der Waals surface area (Å²) in [5.74, 6) is 0.744. The summed E-state index contributed by atoms with van der Waals surface area (Å²) < 4.78 is 0. The van der Waals surface area contributed by atoms with Gasteiger partial charge in [0.2, 0.25) is 5.91 Å². The molecule has 1 aromatic carbocycles. The molecular weight excluding hydrogens is 362 g/mol. The third-order valence-electron chi connectivity index (χ3n) is 4.66. The van der Waals surface area contributed by atoms with Gasteiger partial charge in [-0.05, 0) is 37.0 Å². The average Bonchev–Trinajstić information content (AvgIpc) is 2.66. The van der Waals surface area contributed by atoms with E-state index < -0.39 is 0 Å². The highest BCUT2D eigenvalue weighted by atomic mass is 35.5. The Labute approximate surface area is 168 Å². The van der Waals surface area contributed by atoms with Crippen LogP contribution in [0.5, 0.6) is 0 Å². The minimum atomic E-state index is 0.00498.